The van der Waals surface area contributed by atoms with Crippen molar-refractivity contribution in [3.05, 3.63) is 28.3 Å². The van der Waals surface area contributed by atoms with E-state index in [1.165, 1.54) is 4.88 Å². The van der Waals surface area contributed by atoms with E-state index in [1.54, 1.807) is 11.3 Å². The number of anilines is 1. The van der Waals surface area contributed by atoms with Gasteiger partial charge in [0.05, 0.1) is 6.04 Å². The lowest BCUT2D eigenvalue weighted by Gasteiger charge is -2.13. The van der Waals surface area contributed by atoms with Crippen molar-refractivity contribution in [2.75, 3.05) is 25.0 Å². The molecule has 0 aromatic carbocycles. The zero-order valence-corrected chi connectivity index (χ0v) is 12.4. The lowest BCUT2D eigenvalue weighted by molar-refractivity contribution is 0.421. The fraction of sp³-hybridized carbons (Fsp3) is 0.538. The highest BCUT2D eigenvalue weighted by atomic mass is 32.1. The van der Waals surface area contributed by atoms with Crippen molar-refractivity contribution in [1.82, 2.24) is 15.5 Å². The Kier molecular flexibility index (Phi) is 4.93. The van der Waals surface area contributed by atoms with E-state index in [0.29, 0.717) is 11.9 Å². The highest BCUT2D eigenvalue weighted by Crippen LogP contribution is 2.17. The minimum Gasteiger partial charge on any atom is -0.406 e. The zero-order chi connectivity index (χ0) is 13.7. The third kappa shape index (κ3) is 3.78. The van der Waals surface area contributed by atoms with Gasteiger partial charge in [-0.05, 0) is 31.3 Å². The molecule has 0 bridgehead atoms. The highest BCUT2D eigenvalue weighted by molar-refractivity contribution is 7.09. The summed E-state index contributed by atoms with van der Waals surface area (Å²) in [7, 11) is 1.98. The molecule has 0 saturated heterocycles. The van der Waals surface area contributed by atoms with E-state index in [1.807, 2.05) is 18.9 Å². The van der Waals surface area contributed by atoms with Crippen LogP contribution in [0.5, 0.6) is 0 Å². The van der Waals surface area contributed by atoms with Gasteiger partial charge in [-0.25, -0.2) is 0 Å². The predicted octanol–water partition coefficient (Wildman–Crippen LogP) is 2.48. The van der Waals surface area contributed by atoms with Crippen molar-refractivity contribution in [3.63, 3.8) is 0 Å². The van der Waals surface area contributed by atoms with Crippen LogP contribution in [-0.2, 0) is 6.42 Å². The molecule has 0 saturated carbocycles. The number of nitrogens with zero attached hydrogens (tertiary/aromatic N) is 3. The molecule has 0 radical (unpaired) electrons. The van der Waals surface area contributed by atoms with E-state index in [9.17, 15) is 0 Å². The van der Waals surface area contributed by atoms with Crippen molar-refractivity contribution in [2.45, 2.75) is 26.3 Å². The number of likely N-dealkylation sites (N-methyl/N-ethyl adjacent to an activating group) is 1. The Hall–Kier alpha value is -1.40. The van der Waals surface area contributed by atoms with Crippen molar-refractivity contribution >= 4 is 17.4 Å². The summed E-state index contributed by atoms with van der Waals surface area (Å²) in [5.41, 5.74) is 0. The first-order valence-corrected chi connectivity index (χ1v) is 7.39. The van der Waals surface area contributed by atoms with E-state index in [0.717, 1.165) is 19.5 Å². The minimum absolute atomic E-state index is 0.0944. The van der Waals surface area contributed by atoms with Crippen molar-refractivity contribution < 1.29 is 4.42 Å². The number of hydrogen-bond acceptors (Lipinski definition) is 6. The van der Waals surface area contributed by atoms with Gasteiger partial charge in [0.15, 0.2) is 0 Å². The van der Waals surface area contributed by atoms with Gasteiger partial charge in [-0.2, -0.15) is 0 Å². The SMILES string of the molecule is CCNC(C)c1nnc(N(C)CCc2cccs2)o1. The van der Waals surface area contributed by atoms with Crippen LogP contribution in [0.4, 0.5) is 6.01 Å². The van der Waals surface area contributed by atoms with Gasteiger partial charge >= 0.3 is 6.01 Å². The molecule has 0 aliphatic carbocycles. The summed E-state index contributed by atoms with van der Waals surface area (Å²) in [6.45, 7) is 5.83. The van der Waals surface area contributed by atoms with Crippen LogP contribution in [0.1, 0.15) is 30.7 Å². The summed E-state index contributed by atoms with van der Waals surface area (Å²) in [5.74, 6) is 0.639. The molecule has 0 aliphatic heterocycles. The van der Waals surface area contributed by atoms with Gasteiger partial charge in [-0.3, -0.25) is 0 Å². The first-order valence-electron chi connectivity index (χ1n) is 6.51. The van der Waals surface area contributed by atoms with Gasteiger partial charge in [0, 0.05) is 18.5 Å². The normalized spacial score (nSPS) is 12.6. The summed E-state index contributed by atoms with van der Waals surface area (Å²) >= 11 is 1.77. The molecule has 1 atom stereocenters. The Bertz CT molecular complexity index is 483. The maximum absolute atomic E-state index is 5.67. The van der Waals surface area contributed by atoms with Crippen LogP contribution in [0.25, 0.3) is 0 Å². The molecule has 0 amide bonds. The summed E-state index contributed by atoms with van der Waals surface area (Å²) in [4.78, 5) is 3.36. The van der Waals surface area contributed by atoms with Gasteiger partial charge in [0.2, 0.25) is 5.89 Å². The molecule has 104 valence electrons. The lowest BCUT2D eigenvalue weighted by Crippen LogP contribution is -2.20. The summed E-state index contributed by atoms with van der Waals surface area (Å²) in [6.07, 6.45) is 0.995. The molecule has 1 N–H and O–H groups in total. The molecule has 2 heterocycles. The first-order chi connectivity index (χ1) is 9.20. The van der Waals surface area contributed by atoms with Gasteiger partial charge in [-0.1, -0.05) is 18.1 Å². The van der Waals surface area contributed by atoms with E-state index < -0.39 is 0 Å². The van der Waals surface area contributed by atoms with Gasteiger partial charge in [0.25, 0.3) is 0 Å². The van der Waals surface area contributed by atoms with Crippen LogP contribution in [0.2, 0.25) is 0 Å². The average Bonchev–Trinajstić information content (AvgIpc) is 3.07. The van der Waals surface area contributed by atoms with Crippen LogP contribution in [0.3, 0.4) is 0 Å². The predicted molar refractivity (Wildman–Crippen MR) is 77.7 cm³/mol. The molecule has 19 heavy (non-hydrogen) atoms. The van der Waals surface area contributed by atoms with Crippen LogP contribution >= 0.6 is 11.3 Å². The third-order valence-electron chi connectivity index (χ3n) is 2.91. The topological polar surface area (TPSA) is 54.2 Å². The van der Waals surface area contributed by atoms with Crippen LogP contribution in [0.15, 0.2) is 21.9 Å². The Morgan fingerprint density at radius 1 is 1.47 bits per heavy atom. The quantitative estimate of drug-likeness (QED) is 0.844. The molecule has 2 aromatic heterocycles. The Morgan fingerprint density at radius 2 is 2.32 bits per heavy atom. The molecular formula is C13H20N4OS. The fourth-order valence-electron chi connectivity index (χ4n) is 1.78. The Morgan fingerprint density at radius 3 is 3.00 bits per heavy atom. The molecular weight excluding hydrogens is 260 g/mol. The van der Waals surface area contributed by atoms with Crippen molar-refractivity contribution in [3.8, 4) is 0 Å². The van der Waals surface area contributed by atoms with E-state index >= 15 is 0 Å². The van der Waals surface area contributed by atoms with Crippen LogP contribution in [0, 0.1) is 0 Å². The second-order valence-corrected chi connectivity index (χ2v) is 5.49. The number of hydrogen-bond donors (Lipinski definition) is 1. The lowest BCUT2D eigenvalue weighted by atomic mass is 10.3. The molecule has 5 nitrogen and oxygen atoms in total. The second-order valence-electron chi connectivity index (χ2n) is 4.45. The maximum Gasteiger partial charge on any atom is 0.317 e. The maximum atomic E-state index is 5.67. The average molecular weight is 280 g/mol. The third-order valence-corrected chi connectivity index (χ3v) is 3.85. The summed E-state index contributed by atoms with van der Waals surface area (Å²) in [5, 5.41) is 13.5. The molecule has 0 aliphatic rings. The molecule has 2 rings (SSSR count). The highest BCUT2D eigenvalue weighted by Gasteiger charge is 2.15. The molecule has 0 fully saturated rings. The number of rotatable bonds is 7. The molecule has 2 aromatic rings. The Balaban J connectivity index is 1.90. The smallest absolute Gasteiger partial charge is 0.317 e. The van der Waals surface area contributed by atoms with Crippen LogP contribution < -0.4 is 10.2 Å². The minimum atomic E-state index is 0.0944. The van der Waals surface area contributed by atoms with Gasteiger partial charge in [-0.15, -0.1) is 16.4 Å². The van der Waals surface area contributed by atoms with Crippen molar-refractivity contribution in [2.24, 2.45) is 0 Å². The van der Waals surface area contributed by atoms with Crippen molar-refractivity contribution in [1.29, 1.82) is 0 Å². The summed E-state index contributed by atoms with van der Waals surface area (Å²) in [6, 6.07) is 4.89. The first kappa shape index (κ1) is 14.0. The molecule has 1 unspecified atom stereocenters. The van der Waals surface area contributed by atoms with E-state index in [2.05, 4.69) is 40.0 Å². The fourth-order valence-corrected chi connectivity index (χ4v) is 2.48. The number of thiophene rings is 1. The number of nitrogens with one attached hydrogen (secondary N) is 1. The second kappa shape index (κ2) is 6.68. The van der Waals surface area contributed by atoms with Gasteiger partial charge in [0.1, 0.15) is 0 Å². The molecule has 6 heteroatoms. The number of aromatic nitrogens is 2. The molecule has 0 spiro atoms. The van der Waals surface area contributed by atoms with E-state index in [4.69, 9.17) is 4.42 Å². The Labute approximate surface area is 117 Å². The van der Waals surface area contributed by atoms with Crippen LogP contribution in [-0.4, -0.2) is 30.3 Å². The zero-order valence-electron chi connectivity index (χ0n) is 11.6. The van der Waals surface area contributed by atoms with Gasteiger partial charge < -0.3 is 14.6 Å². The standard InChI is InChI=1S/C13H20N4OS/c1-4-14-10(2)12-15-16-13(18-12)17(3)8-7-11-6-5-9-19-11/h5-6,9-10,14H,4,7-8H2,1-3H3. The summed E-state index contributed by atoms with van der Waals surface area (Å²) < 4.78 is 5.67. The van der Waals surface area contributed by atoms with E-state index in [-0.39, 0.29) is 6.04 Å². The monoisotopic (exact) mass is 280 g/mol. The largest absolute Gasteiger partial charge is 0.406 e.